The van der Waals surface area contributed by atoms with Gasteiger partial charge in [0.25, 0.3) is 0 Å². The first-order valence-electron chi connectivity index (χ1n) is 3.47. The summed E-state index contributed by atoms with van der Waals surface area (Å²) in [6, 6.07) is 4.09. The average Bonchev–Trinajstić information content (AvgIpc) is 2.47. The highest BCUT2D eigenvalue weighted by molar-refractivity contribution is 9.11. The Morgan fingerprint density at radius 1 is 1.50 bits per heavy atom. The molecule has 0 fully saturated rings. The maximum atomic E-state index is 3.78. The Labute approximate surface area is 85.1 Å². The van der Waals surface area contributed by atoms with Crippen LogP contribution in [0, 0.1) is 0 Å². The predicted octanol–water partition coefficient (Wildman–Crippen LogP) is 4.27. The van der Waals surface area contributed by atoms with Crippen molar-refractivity contribution in [1.29, 1.82) is 0 Å². The van der Waals surface area contributed by atoms with Gasteiger partial charge in [0.2, 0.25) is 0 Å². The summed E-state index contributed by atoms with van der Waals surface area (Å²) in [4.78, 5) is 1.21. The fourth-order valence-corrected chi connectivity index (χ4v) is 2.00. The molecule has 1 rings (SSSR count). The van der Waals surface area contributed by atoms with E-state index < -0.39 is 0 Å². The molecular formula is C10H9BrS. The molecule has 0 atom stereocenters. The van der Waals surface area contributed by atoms with Crippen LogP contribution < -0.4 is 0 Å². The summed E-state index contributed by atoms with van der Waals surface area (Å²) in [5.41, 5.74) is 0.930. The van der Waals surface area contributed by atoms with Gasteiger partial charge < -0.3 is 0 Å². The summed E-state index contributed by atoms with van der Waals surface area (Å²) in [7, 11) is 0. The lowest BCUT2D eigenvalue weighted by molar-refractivity contribution is 1.79. The third-order valence-electron chi connectivity index (χ3n) is 1.32. The molecule has 1 aromatic heterocycles. The molecule has 0 unspecified atom stereocenters. The van der Waals surface area contributed by atoms with Crippen LogP contribution in [-0.2, 0) is 0 Å². The zero-order valence-electron chi connectivity index (χ0n) is 6.59. The van der Waals surface area contributed by atoms with Crippen LogP contribution in [0.1, 0.15) is 4.88 Å². The molecule has 12 heavy (non-hydrogen) atoms. The van der Waals surface area contributed by atoms with Crippen LogP contribution in [0.15, 0.2) is 46.8 Å². The van der Waals surface area contributed by atoms with E-state index in [1.807, 2.05) is 18.2 Å². The van der Waals surface area contributed by atoms with Crippen molar-refractivity contribution in [3.05, 3.63) is 51.7 Å². The monoisotopic (exact) mass is 240 g/mol. The predicted molar refractivity (Wildman–Crippen MR) is 60.4 cm³/mol. The van der Waals surface area contributed by atoms with E-state index in [9.17, 15) is 0 Å². The second-order valence-corrected chi connectivity index (χ2v) is 4.75. The molecule has 0 spiro atoms. The summed E-state index contributed by atoms with van der Waals surface area (Å²) in [6.45, 7) is 7.40. The van der Waals surface area contributed by atoms with Crippen molar-refractivity contribution < 1.29 is 0 Å². The molecule has 0 aliphatic carbocycles. The molecule has 1 aromatic rings. The van der Waals surface area contributed by atoms with Gasteiger partial charge in [0.1, 0.15) is 0 Å². The summed E-state index contributed by atoms with van der Waals surface area (Å²) < 4.78 is 1.14. The Balaban J connectivity index is 2.69. The van der Waals surface area contributed by atoms with Gasteiger partial charge in [-0.05, 0) is 39.7 Å². The highest BCUT2D eigenvalue weighted by Gasteiger charge is 1.91. The lowest BCUT2D eigenvalue weighted by atomic mass is 10.2. The smallest absolute Gasteiger partial charge is 0.0704 e. The molecule has 62 valence electrons. The third-order valence-corrected chi connectivity index (χ3v) is 2.91. The molecule has 1 heterocycles. The maximum absolute atomic E-state index is 3.78. The van der Waals surface area contributed by atoms with Crippen LogP contribution in [0.25, 0.3) is 6.08 Å². The molecule has 0 aromatic carbocycles. The highest BCUT2D eigenvalue weighted by atomic mass is 79.9. The Bertz CT molecular complexity index is 320. The van der Waals surface area contributed by atoms with Gasteiger partial charge in [0.15, 0.2) is 0 Å². The number of rotatable bonds is 3. The minimum absolute atomic E-state index is 0.930. The van der Waals surface area contributed by atoms with Gasteiger partial charge in [-0.3, -0.25) is 0 Å². The fraction of sp³-hybridized carbons (Fsp3) is 0. The first kappa shape index (κ1) is 9.49. The van der Waals surface area contributed by atoms with Crippen molar-refractivity contribution in [3.63, 3.8) is 0 Å². The third kappa shape index (κ3) is 2.80. The van der Waals surface area contributed by atoms with Gasteiger partial charge in [-0.15, -0.1) is 11.3 Å². The standard InChI is InChI=1S/C10H9BrS/c1-3-8(2)4-5-9-6-7-10(11)12-9/h3-7H,1-2H2. The number of halogens is 1. The highest BCUT2D eigenvalue weighted by Crippen LogP contribution is 2.23. The van der Waals surface area contributed by atoms with Gasteiger partial charge in [-0.1, -0.05) is 25.3 Å². The minimum Gasteiger partial charge on any atom is -0.129 e. The molecule has 0 amide bonds. The number of hydrogen-bond donors (Lipinski definition) is 0. The van der Waals surface area contributed by atoms with Gasteiger partial charge in [0, 0.05) is 4.88 Å². The van der Waals surface area contributed by atoms with E-state index >= 15 is 0 Å². The molecular weight excluding hydrogens is 232 g/mol. The zero-order chi connectivity index (χ0) is 8.97. The van der Waals surface area contributed by atoms with E-state index in [0.717, 1.165) is 9.36 Å². The quantitative estimate of drug-likeness (QED) is 0.693. The van der Waals surface area contributed by atoms with Crippen molar-refractivity contribution in [3.8, 4) is 0 Å². The summed E-state index contributed by atoms with van der Waals surface area (Å²) in [6.07, 6.45) is 5.71. The van der Waals surface area contributed by atoms with Crippen molar-refractivity contribution >= 4 is 33.3 Å². The molecule has 2 heteroatoms. The Morgan fingerprint density at radius 2 is 2.25 bits per heavy atom. The number of allylic oxidation sites excluding steroid dienone is 3. The molecule has 0 nitrogen and oxygen atoms in total. The van der Waals surface area contributed by atoms with Gasteiger partial charge >= 0.3 is 0 Å². The zero-order valence-corrected chi connectivity index (χ0v) is 8.99. The van der Waals surface area contributed by atoms with Crippen molar-refractivity contribution in [1.82, 2.24) is 0 Å². The first-order chi connectivity index (χ1) is 5.72. The van der Waals surface area contributed by atoms with Crippen LogP contribution in [-0.4, -0.2) is 0 Å². The molecule has 0 saturated heterocycles. The largest absolute Gasteiger partial charge is 0.129 e. The SMILES string of the molecule is C=CC(=C)C=Cc1ccc(Br)s1. The molecule has 0 aliphatic rings. The van der Waals surface area contributed by atoms with Gasteiger partial charge in [-0.2, -0.15) is 0 Å². The maximum Gasteiger partial charge on any atom is 0.0704 e. The molecule has 0 N–H and O–H groups in total. The van der Waals surface area contributed by atoms with E-state index in [4.69, 9.17) is 0 Å². The fourth-order valence-electron chi connectivity index (χ4n) is 0.675. The molecule has 0 bridgehead atoms. The topological polar surface area (TPSA) is 0 Å². The second kappa shape index (κ2) is 4.43. The van der Waals surface area contributed by atoms with E-state index in [2.05, 4.69) is 35.2 Å². The minimum atomic E-state index is 0.930. The van der Waals surface area contributed by atoms with Crippen molar-refractivity contribution in [2.45, 2.75) is 0 Å². The van der Waals surface area contributed by atoms with Crippen LogP contribution in [0.2, 0.25) is 0 Å². The Morgan fingerprint density at radius 3 is 2.75 bits per heavy atom. The summed E-state index contributed by atoms with van der Waals surface area (Å²) in [5.74, 6) is 0. The van der Waals surface area contributed by atoms with Crippen LogP contribution in [0.5, 0.6) is 0 Å². The number of hydrogen-bond acceptors (Lipinski definition) is 1. The summed E-state index contributed by atoms with van der Waals surface area (Å²) >= 11 is 5.09. The number of thiophene rings is 1. The van der Waals surface area contributed by atoms with E-state index in [1.54, 1.807) is 17.4 Å². The Hall–Kier alpha value is -0.600. The van der Waals surface area contributed by atoms with E-state index in [-0.39, 0.29) is 0 Å². The summed E-state index contributed by atoms with van der Waals surface area (Å²) in [5, 5.41) is 0. The van der Waals surface area contributed by atoms with Crippen LogP contribution in [0.3, 0.4) is 0 Å². The normalized spacial score (nSPS) is 10.4. The van der Waals surface area contributed by atoms with Crippen LogP contribution >= 0.6 is 27.3 Å². The molecule has 0 saturated carbocycles. The lowest BCUT2D eigenvalue weighted by Crippen LogP contribution is -1.62. The first-order valence-corrected chi connectivity index (χ1v) is 5.08. The molecule has 0 aliphatic heterocycles. The van der Waals surface area contributed by atoms with E-state index in [0.29, 0.717) is 0 Å². The second-order valence-electron chi connectivity index (χ2n) is 2.25. The van der Waals surface area contributed by atoms with Crippen molar-refractivity contribution in [2.75, 3.05) is 0 Å². The molecule has 0 radical (unpaired) electrons. The van der Waals surface area contributed by atoms with Crippen molar-refractivity contribution in [2.24, 2.45) is 0 Å². The van der Waals surface area contributed by atoms with Gasteiger partial charge in [-0.25, -0.2) is 0 Å². The average molecular weight is 241 g/mol. The van der Waals surface area contributed by atoms with Crippen LogP contribution in [0.4, 0.5) is 0 Å². The van der Waals surface area contributed by atoms with Gasteiger partial charge in [0.05, 0.1) is 3.79 Å². The Kier molecular flexibility index (Phi) is 3.50. The lowest BCUT2D eigenvalue weighted by Gasteiger charge is -1.85. The van der Waals surface area contributed by atoms with E-state index in [1.165, 1.54) is 4.88 Å².